The van der Waals surface area contributed by atoms with E-state index in [2.05, 4.69) is 0 Å². The van der Waals surface area contributed by atoms with Gasteiger partial charge in [0.2, 0.25) is 0 Å². The number of benzene rings is 3. The summed E-state index contributed by atoms with van der Waals surface area (Å²) in [6.45, 7) is 0. The van der Waals surface area contributed by atoms with Crippen molar-refractivity contribution in [1.82, 2.24) is 0 Å². The topological polar surface area (TPSA) is 18.5 Å². The fourth-order valence-corrected chi connectivity index (χ4v) is 3.02. The van der Waals surface area contributed by atoms with E-state index in [0.29, 0.717) is 0 Å². The van der Waals surface area contributed by atoms with Gasteiger partial charge in [-0.3, -0.25) is 0 Å². The van der Waals surface area contributed by atoms with E-state index in [1.807, 2.05) is 0 Å². The zero-order valence-electron chi connectivity index (χ0n) is 14.6. The molecule has 0 spiro atoms. The van der Waals surface area contributed by atoms with Gasteiger partial charge in [0.05, 0.1) is 21.2 Å². The molecule has 0 fully saturated rings. The van der Waals surface area contributed by atoms with Crippen LogP contribution in [0.1, 0.15) is 11.1 Å². The molecule has 0 aliphatic rings. The van der Waals surface area contributed by atoms with E-state index in [9.17, 15) is 26.3 Å². The summed E-state index contributed by atoms with van der Waals surface area (Å²) in [7, 11) is 0. The molecule has 0 unspecified atom stereocenters. The Morgan fingerprint density at radius 3 is 1.30 bits per heavy atom. The van der Waals surface area contributed by atoms with Crippen molar-refractivity contribution < 1.29 is 35.8 Å². The van der Waals surface area contributed by atoms with E-state index in [4.69, 9.17) is 32.7 Å². The van der Waals surface area contributed by atoms with Gasteiger partial charge in [0.25, 0.3) is 0 Å². The lowest BCUT2D eigenvalue weighted by molar-refractivity contribution is -0.138. The van der Waals surface area contributed by atoms with E-state index in [0.717, 1.165) is 24.3 Å². The van der Waals surface area contributed by atoms with Crippen molar-refractivity contribution in [2.45, 2.75) is 12.4 Å². The molecule has 3 aromatic rings. The number of hydrogen-bond acceptors (Lipinski definition) is 2. The maximum atomic E-state index is 13.0. The Labute approximate surface area is 176 Å². The number of halogens is 8. The minimum absolute atomic E-state index is 0.0526. The van der Waals surface area contributed by atoms with Crippen LogP contribution < -0.4 is 9.47 Å². The molecule has 0 radical (unpaired) electrons. The van der Waals surface area contributed by atoms with Crippen LogP contribution in [0.2, 0.25) is 10.0 Å². The molecule has 3 aromatic carbocycles. The standard InChI is InChI=1S/C20H10Cl2F6O2/c21-17-13(19(23,24)25)6-2-8-15(17)29-11-4-1-5-12(10-11)30-16-9-3-7-14(18(16)22)20(26,27)28/h1-10H. The van der Waals surface area contributed by atoms with Crippen molar-refractivity contribution in [3.8, 4) is 23.0 Å². The maximum Gasteiger partial charge on any atom is 0.417 e. The first-order valence-corrected chi connectivity index (χ1v) is 8.89. The van der Waals surface area contributed by atoms with E-state index in [-0.39, 0.29) is 23.0 Å². The molecular weight excluding hydrogens is 457 g/mol. The van der Waals surface area contributed by atoms with Crippen LogP contribution in [0.15, 0.2) is 60.7 Å². The molecule has 0 amide bonds. The third-order valence-corrected chi connectivity index (χ3v) is 4.58. The first kappa shape index (κ1) is 22.1. The molecule has 0 aliphatic carbocycles. The SMILES string of the molecule is FC(F)(F)c1cccc(Oc2cccc(Oc3cccc(C(F)(F)F)c3Cl)c2)c1Cl. The molecule has 158 valence electrons. The van der Waals surface area contributed by atoms with Crippen molar-refractivity contribution in [1.29, 1.82) is 0 Å². The van der Waals surface area contributed by atoms with Gasteiger partial charge in [-0.1, -0.05) is 41.4 Å². The molecule has 0 aliphatic heterocycles. The molecule has 0 atom stereocenters. The van der Waals surface area contributed by atoms with Crippen LogP contribution in [-0.2, 0) is 12.4 Å². The summed E-state index contributed by atoms with van der Waals surface area (Å²) in [4.78, 5) is 0. The van der Waals surface area contributed by atoms with Gasteiger partial charge in [-0.05, 0) is 36.4 Å². The highest BCUT2D eigenvalue weighted by Gasteiger charge is 2.35. The van der Waals surface area contributed by atoms with Crippen LogP contribution in [0, 0.1) is 0 Å². The van der Waals surface area contributed by atoms with Crippen molar-refractivity contribution in [3.05, 3.63) is 81.8 Å². The van der Waals surface area contributed by atoms with Crippen LogP contribution in [0.3, 0.4) is 0 Å². The third kappa shape index (κ3) is 4.94. The second-order valence-corrected chi connectivity index (χ2v) is 6.67. The quantitative estimate of drug-likeness (QED) is 0.358. The van der Waals surface area contributed by atoms with Gasteiger partial charge in [-0.2, -0.15) is 26.3 Å². The first-order chi connectivity index (χ1) is 14.0. The zero-order valence-corrected chi connectivity index (χ0v) is 16.1. The summed E-state index contributed by atoms with van der Waals surface area (Å²) in [5, 5.41) is -1.26. The molecule has 3 rings (SSSR count). The first-order valence-electron chi connectivity index (χ1n) is 8.14. The molecule has 0 N–H and O–H groups in total. The fraction of sp³-hybridized carbons (Fsp3) is 0.100. The third-order valence-electron chi connectivity index (χ3n) is 3.80. The summed E-state index contributed by atoms with van der Waals surface area (Å²) in [5.74, 6) is -0.393. The van der Waals surface area contributed by atoms with Gasteiger partial charge in [-0.15, -0.1) is 0 Å². The van der Waals surface area contributed by atoms with Gasteiger partial charge in [-0.25, -0.2) is 0 Å². The smallest absolute Gasteiger partial charge is 0.417 e. The van der Waals surface area contributed by atoms with Crippen molar-refractivity contribution in [2.75, 3.05) is 0 Å². The normalized spacial score (nSPS) is 12.0. The molecule has 0 saturated carbocycles. The predicted octanol–water partition coefficient (Wildman–Crippen LogP) is 8.62. The van der Waals surface area contributed by atoms with Crippen LogP contribution in [0.4, 0.5) is 26.3 Å². The summed E-state index contributed by atoms with van der Waals surface area (Å²) in [6.07, 6.45) is -9.33. The lowest BCUT2D eigenvalue weighted by Gasteiger charge is -2.15. The Bertz CT molecular complexity index is 983. The summed E-state index contributed by atoms with van der Waals surface area (Å²) < 4.78 is 88.7. The Kier molecular flexibility index (Phi) is 6.10. The number of alkyl halides is 6. The Hall–Kier alpha value is -2.58. The van der Waals surface area contributed by atoms with Gasteiger partial charge >= 0.3 is 12.4 Å². The van der Waals surface area contributed by atoms with Crippen molar-refractivity contribution >= 4 is 23.2 Å². The molecule has 30 heavy (non-hydrogen) atoms. The van der Waals surface area contributed by atoms with Crippen LogP contribution >= 0.6 is 23.2 Å². The predicted molar refractivity (Wildman–Crippen MR) is 99.5 cm³/mol. The molecular formula is C20H10Cl2F6O2. The highest BCUT2D eigenvalue weighted by atomic mass is 35.5. The molecule has 0 saturated heterocycles. The van der Waals surface area contributed by atoms with Crippen molar-refractivity contribution in [2.24, 2.45) is 0 Å². The van der Waals surface area contributed by atoms with Gasteiger partial charge < -0.3 is 9.47 Å². The van der Waals surface area contributed by atoms with Crippen LogP contribution in [0.5, 0.6) is 23.0 Å². The molecule has 0 bridgehead atoms. The van der Waals surface area contributed by atoms with Crippen LogP contribution in [0.25, 0.3) is 0 Å². The van der Waals surface area contributed by atoms with E-state index in [1.54, 1.807) is 0 Å². The van der Waals surface area contributed by atoms with E-state index < -0.39 is 33.5 Å². The summed E-state index contributed by atoms with van der Waals surface area (Å²) >= 11 is 11.6. The molecule has 10 heteroatoms. The average molecular weight is 467 g/mol. The zero-order chi connectivity index (χ0) is 22.1. The van der Waals surface area contributed by atoms with Crippen LogP contribution in [-0.4, -0.2) is 0 Å². The molecule has 0 heterocycles. The van der Waals surface area contributed by atoms with E-state index >= 15 is 0 Å². The van der Waals surface area contributed by atoms with Gasteiger partial charge in [0.15, 0.2) is 0 Å². The summed E-state index contributed by atoms with van der Waals surface area (Å²) in [6, 6.07) is 11.9. The average Bonchev–Trinajstić information content (AvgIpc) is 2.63. The second kappa shape index (κ2) is 8.28. The number of rotatable bonds is 4. The number of hydrogen-bond donors (Lipinski definition) is 0. The molecule has 0 aromatic heterocycles. The Morgan fingerprint density at radius 2 is 0.933 bits per heavy atom. The Morgan fingerprint density at radius 1 is 0.567 bits per heavy atom. The summed E-state index contributed by atoms with van der Waals surface area (Å²) in [5.41, 5.74) is -2.13. The minimum atomic E-state index is -4.67. The lowest BCUT2D eigenvalue weighted by Crippen LogP contribution is -2.06. The minimum Gasteiger partial charge on any atom is -0.456 e. The monoisotopic (exact) mass is 466 g/mol. The maximum absolute atomic E-state index is 13.0. The Balaban J connectivity index is 1.87. The highest BCUT2D eigenvalue weighted by Crippen LogP contribution is 2.42. The number of ether oxygens (including phenoxy) is 2. The second-order valence-electron chi connectivity index (χ2n) is 5.91. The van der Waals surface area contributed by atoms with Gasteiger partial charge in [0, 0.05) is 6.07 Å². The van der Waals surface area contributed by atoms with E-state index in [1.165, 1.54) is 36.4 Å². The van der Waals surface area contributed by atoms with Gasteiger partial charge in [0.1, 0.15) is 23.0 Å². The van der Waals surface area contributed by atoms with Crippen molar-refractivity contribution in [3.63, 3.8) is 0 Å². The molecule has 2 nitrogen and oxygen atoms in total. The fourth-order valence-electron chi connectivity index (χ4n) is 2.47. The largest absolute Gasteiger partial charge is 0.456 e. The lowest BCUT2D eigenvalue weighted by atomic mass is 10.2. The highest BCUT2D eigenvalue weighted by molar-refractivity contribution is 6.33.